The maximum absolute atomic E-state index is 12.4. The van der Waals surface area contributed by atoms with Crippen LogP contribution < -0.4 is 5.32 Å². The van der Waals surface area contributed by atoms with Crippen LogP contribution in [0.4, 0.5) is 0 Å². The third-order valence-electron chi connectivity index (χ3n) is 5.79. The average molecular weight is 380 g/mol. The van der Waals surface area contributed by atoms with Gasteiger partial charge in [-0.15, -0.1) is 0 Å². The van der Waals surface area contributed by atoms with E-state index in [0.29, 0.717) is 6.54 Å². The van der Waals surface area contributed by atoms with Crippen LogP contribution in [0.1, 0.15) is 29.9 Å². The summed E-state index contributed by atoms with van der Waals surface area (Å²) < 4.78 is 0. The number of H-pyrrole nitrogens is 1. The van der Waals surface area contributed by atoms with Gasteiger partial charge in [-0.2, -0.15) is 0 Å². The first-order valence-electron chi connectivity index (χ1n) is 10.3. The molecule has 0 radical (unpaired) electrons. The predicted molar refractivity (Wildman–Crippen MR) is 118 cm³/mol. The molecule has 144 valence electrons. The molecule has 3 nitrogen and oxygen atoms in total. The molecular weight excluding hydrogens is 356 g/mol. The third kappa shape index (κ3) is 3.56. The standard InChI is InChI=1S/C26H24N2O/c29-26(20-15-16-20)27-17-22(18-9-3-1-4-10-18)24-21-13-7-8-14-23(21)28-25(24)19-11-5-2-6-12-19/h1-14,20,22,28H,15-17H2,(H,27,29)/t22-/m0/s1. The molecule has 29 heavy (non-hydrogen) atoms. The molecule has 2 N–H and O–H groups in total. The molecule has 5 rings (SSSR count). The Bertz CT molecular complexity index is 1130. The van der Waals surface area contributed by atoms with Crippen LogP contribution in [0.25, 0.3) is 22.2 Å². The molecule has 1 aliphatic carbocycles. The van der Waals surface area contributed by atoms with Gasteiger partial charge in [0.05, 0.1) is 5.69 Å². The molecule has 1 fully saturated rings. The average Bonchev–Trinajstić information content (AvgIpc) is 3.57. The molecule has 0 bridgehead atoms. The van der Waals surface area contributed by atoms with Crippen molar-refractivity contribution >= 4 is 16.8 Å². The fourth-order valence-corrected chi connectivity index (χ4v) is 4.12. The van der Waals surface area contributed by atoms with E-state index >= 15 is 0 Å². The number of benzene rings is 3. The summed E-state index contributed by atoms with van der Waals surface area (Å²) in [6, 6.07) is 29.4. The summed E-state index contributed by atoms with van der Waals surface area (Å²) in [4.78, 5) is 16.1. The van der Waals surface area contributed by atoms with Crippen LogP contribution in [-0.2, 0) is 4.79 Å². The van der Waals surface area contributed by atoms with Crippen molar-refractivity contribution in [3.05, 3.63) is 96.1 Å². The van der Waals surface area contributed by atoms with Crippen LogP contribution >= 0.6 is 0 Å². The highest BCUT2D eigenvalue weighted by Gasteiger charge is 2.31. The lowest BCUT2D eigenvalue weighted by Crippen LogP contribution is -2.30. The fourth-order valence-electron chi connectivity index (χ4n) is 4.12. The topological polar surface area (TPSA) is 44.9 Å². The minimum Gasteiger partial charge on any atom is -0.355 e. The molecule has 0 aliphatic heterocycles. The Hall–Kier alpha value is -3.33. The van der Waals surface area contributed by atoms with E-state index in [9.17, 15) is 4.79 Å². The first-order valence-corrected chi connectivity index (χ1v) is 10.3. The zero-order valence-corrected chi connectivity index (χ0v) is 16.3. The molecule has 4 aromatic rings. The van der Waals surface area contributed by atoms with E-state index in [1.54, 1.807) is 0 Å². The van der Waals surface area contributed by atoms with Crippen LogP contribution in [0.15, 0.2) is 84.9 Å². The maximum Gasteiger partial charge on any atom is 0.223 e. The highest BCUT2D eigenvalue weighted by molar-refractivity contribution is 5.92. The van der Waals surface area contributed by atoms with Crippen molar-refractivity contribution in [3.63, 3.8) is 0 Å². The van der Waals surface area contributed by atoms with E-state index in [1.165, 1.54) is 16.5 Å². The zero-order valence-electron chi connectivity index (χ0n) is 16.3. The van der Waals surface area contributed by atoms with Crippen LogP contribution in [0, 0.1) is 5.92 Å². The van der Waals surface area contributed by atoms with Gasteiger partial charge >= 0.3 is 0 Å². The second-order valence-corrected chi connectivity index (χ2v) is 7.81. The molecule has 0 spiro atoms. The summed E-state index contributed by atoms with van der Waals surface area (Å²) in [6.45, 7) is 0.598. The van der Waals surface area contributed by atoms with Crippen molar-refractivity contribution in [2.24, 2.45) is 5.92 Å². The van der Waals surface area contributed by atoms with E-state index in [0.717, 1.165) is 29.6 Å². The van der Waals surface area contributed by atoms with Gasteiger partial charge in [0.15, 0.2) is 0 Å². The number of amides is 1. The summed E-state index contributed by atoms with van der Waals surface area (Å²) in [5.74, 6) is 0.472. The van der Waals surface area contributed by atoms with Crippen molar-refractivity contribution < 1.29 is 4.79 Å². The predicted octanol–water partition coefficient (Wildman–Crippen LogP) is 5.49. The summed E-state index contributed by atoms with van der Waals surface area (Å²) in [7, 11) is 0. The second kappa shape index (κ2) is 7.59. The van der Waals surface area contributed by atoms with E-state index in [1.807, 2.05) is 12.1 Å². The SMILES string of the molecule is O=C(NC[C@@H](c1ccccc1)c1c(-c2ccccc2)[nH]c2ccccc12)C1CC1. The second-order valence-electron chi connectivity index (χ2n) is 7.81. The highest BCUT2D eigenvalue weighted by atomic mass is 16.2. The molecule has 1 amide bonds. The minimum atomic E-state index is 0.0743. The smallest absolute Gasteiger partial charge is 0.223 e. The Morgan fingerprint density at radius 2 is 1.55 bits per heavy atom. The van der Waals surface area contributed by atoms with E-state index in [4.69, 9.17) is 0 Å². The monoisotopic (exact) mass is 380 g/mol. The Kier molecular flexibility index (Phi) is 4.65. The number of fused-ring (bicyclic) bond motifs is 1. The van der Waals surface area contributed by atoms with Crippen LogP contribution in [-0.4, -0.2) is 17.4 Å². The molecule has 1 aromatic heterocycles. The summed E-state index contributed by atoms with van der Waals surface area (Å²) in [6.07, 6.45) is 2.04. The normalized spacial score (nSPS) is 14.6. The van der Waals surface area contributed by atoms with Gasteiger partial charge < -0.3 is 10.3 Å². The van der Waals surface area contributed by atoms with Crippen LogP contribution in [0.5, 0.6) is 0 Å². The van der Waals surface area contributed by atoms with Crippen molar-refractivity contribution in [2.75, 3.05) is 6.54 Å². The number of hydrogen-bond acceptors (Lipinski definition) is 1. The van der Waals surface area contributed by atoms with Crippen LogP contribution in [0.2, 0.25) is 0 Å². The van der Waals surface area contributed by atoms with Crippen molar-refractivity contribution in [2.45, 2.75) is 18.8 Å². The third-order valence-corrected chi connectivity index (χ3v) is 5.79. The Morgan fingerprint density at radius 3 is 2.28 bits per heavy atom. The van der Waals surface area contributed by atoms with Gasteiger partial charge in [0, 0.05) is 29.3 Å². The minimum absolute atomic E-state index is 0.0743. The molecule has 0 unspecified atom stereocenters. The number of carbonyl (C=O) groups excluding carboxylic acids is 1. The lowest BCUT2D eigenvalue weighted by Gasteiger charge is -2.20. The molecule has 1 heterocycles. The van der Waals surface area contributed by atoms with E-state index in [-0.39, 0.29) is 17.7 Å². The Morgan fingerprint density at radius 1 is 0.897 bits per heavy atom. The summed E-state index contributed by atoms with van der Waals surface area (Å²) in [5.41, 5.74) is 5.87. The van der Waals surface area contributed by atoms with Gasteiger partial charge in [0.25, 0.3) is 0 Å². The highest BCUT2D eigenvalue weighted by Crippen LogP contribution is 2.38. The van der Waals surface area contributed by atoms with Crippen LogP contribution in [0.3, 0.4) is 0 Å². The Labute approximate surface area is 170 Å². The van der Waals surface area contributed by atoms with Gasteiger partial charge in [0.1, 0.15) is 0 Å². The number of para-hydroxylation sites is 1. The molecule has 1 aliphatic rings. The van der Waals surface area contributed by atoms with Gasteiger partial charge in [0.2, 0.25) is 5.91 Å². The number of aromatic amines is 1. The number of carbonyl (C=O) groups is 1. The molecule has 0 saturated heterocycles. The van der Waals surface area contributed by atoms with Gasteiger partial charge in [-0.05, 0) is 35.6 Å². The number of aromatic nitrogens is 1. The lowest BCUT2D eigenvalue weighted by atomic mass is 9.87. The fraction of sp³-hybridized carbons (Fsp3) is 0.192. The summed E-state index contributed by atoms with van der Waals surface area (Å²) in [5, 5.41) is 4.43. The van der Waals surface area contributed by atoms with Crippen molar-refractivity contribution in [3.8, 4) is 11.3 Å². The first kappa shape index (κ1) is 17.7. The number of nitrogens with one attached hydrogen (secondary N) is 2. The molecule has 1 saturated carbocycles. The number of rotatable bonds is 6. The van der Waals surface area contributed by atoms with Gasteiger partial charge in [-0.3, -0.25) is 4.79 Å². The van der Waals surface area contributed by atoms with Crippen molar-refractivity contribution in [1.29, 1.82) is 0 Å². The van der Waals surface area contributed by atoms with E-state index in [2.05, 4.69) is 83.1 Å². The quantitative estimate of drug-likeness (QED) is 0.456. The number of hydrogen-bond donors (Lipinski definition) is 2. The summed E-state index contributed by atoms with van der Waals surface area (Å²) >= 11 is 0. The molecule has 3 heteroatoms. The van der Waals surface area contributed by atoms with Gasteiger partial charge in [-0.25, -0.2) is 0 Å². The van der Waals surface area contributed by atoms with Gasteiger partial charge in [-0.1, -0.05) is 78.9 Å². The van der Waals surface area contributed by atoms with Crippen molar-refractivity contribution in [1.82, 2.24) is 10.3 Å². The zero-order chi connectivity index (χ0) is 19.6. The van der Waals surface area contributed by atoms with E-state index < -0.39 is 0 Å². The molecular formula is C26H24N2O. The largest absolute Gasteiger partial charge is 0.355 e. The Balaban J connectivity index is 1.65. The molecule has 3 aromatic carbocycles. The molecule has 1 atom stereocenters. The first-order chi connectivity index (χ1) is 14.3. The maximum atomic E-state index is 12.4. The lowest BCUT2D eigenvalue weighted by molar-refractivity contribution is -0.122.